The van der Waals surface area contributed by atoms with E-state index in [1.54, 1.807) is 24.1 Å². The number of nitrogens with zero attached hydrogens (tertiary/aromatic N) is 3. The summed E-state index contributed by atoms with van der Waals surface area (Å²) in [6.45, 7) is 1.06. The highest BCUT2D eigenvalue weighted by Crippen LogP contribution is 2.18. The predicted molar refractivity (Wildman–Crippen MR) is 118 cm³/mol. The number of carbonyl (C=O) groups excluding carboxylic acids is 1. The molecule has 0 saturated heterocycles. The molecule has 0 radical (unpaired) electrons. The smallest absolute Gasteiger partial charge is 0.225 e. The third-order valence-electron chi connectivity index (χ3n) is 4.65. The van der Waals surface area contributed by atoms with E-state index >= 15 is 0 Å². The summed E-state index contributed by atoms with van der Waals surface area (Å²) in [5.74, 6) is 2.17. The van der Waals surface area contributed by atoms with Crippen molar-refractivity contribution in [3.05, 3.63) is 66.4 Å². The van der Waals surface area contributed by atoms with Crippen LogP contribution in [0.5, 0.6) is 11.5 Å². The van der Waals surface area contributed by atoms with Crippen molar-refractivity contribution in [1.82, 2.24) is 9.78 Å². The van der Waals surface area contributed by atoms with Gasteiger partial charge in [0, 0.05) is 32.3 Å². The zero-order valence-corrected chi connectivity index (χ0v) is 17.7. The number of hydrogen-bond donors (Lipinski definition) is 1. The van der Waals surface area contributed by atoms with Crippen molar-refractivity contribution in [2.75, 3.05) is 38.0 Å². The Balaban J connectivity index is 1.44. The minimum Gasteiger partial charge on any atom is -0.497 e. The number of rotatable bonds is 10. The molecule has 30 heavy (non-hydrogen) atoms. The first kappa shape index (κ1) is 21.2. The second-order valence-electron chi connectivity index (χ2n) is 7.11. The van der Waals surface area contributed by atoms with E-state index in [-0.39, 0.29) is 5.91 Å². The van der Waals surface area contributed by atoms with E-state index in [2.05, 4.69) is 39.6 Å². The standard InChI is InChI=1S/C23H28N4O3/c1-26(2)19-8-6-18(7-9-19)17-27-22(14-15-24-27)25-23(28)5-4-16-30-21-12-10-20(29-3)11-13-21/h6-15H,4-5,16-17H2,1-3H3,(H,25,28). The third kappa shape index (κ3) is 6.01. The minimum atomic E-state index is -0.0574. The SMILES string of the molecule is COc1ccc(OCCCC(=O)Nc2ccnn2Cc2ccc(N(C)C)cc2)cc1. The van der Waals surface area contributed by atoms with Crippen LogP contribution in [0.4, 0.5) is 11.5 Å². The summed E-state index contributed by atoms with van der Waals surface area (Å²) in [6.07, 6.45) is 2.69. The average Bonchev–Trinajstić information content (AvgIpc) is 3.18. The summed E-state index contributed by atoms with van der Waals surface area (Å²) in [7, 11) is 5.65. The quantitative estimate of drug-likeness (QED) is 0.517. The Morgan fingerprint density at radius 1 is 1.03 bits per heavy atom. The van der Waals surface area contributed by atoms with Crippen molar-refractivity contribution in [3.63, 3.8) is 0 Å². The van der Waals surface area contributed by atoms with Gasteiger partial charge in [0.2, 0.25) is 5.91 Å². The summed E-state index contributed by atoms with van der Waals surface area (Å²) in [6, 6.07) is 17.5. The maximum absolute atomic E-state index is 12.3. The molecule has 1 heterocycles. The number of benzene rings is 2. The van der Waals surface area contributed by atoms with Crippen molar-refractivity contribution in [2.45, 2.75) is 19.4 Å². The molecule has 158 valence electrons. The van der Waals surface area contributed by atoms with Crippen LogP contribution in [-0.4, -0.2) is 43.5 Å². The zero-order valence-electron chi connectivity index (χ0n) is 17.7. The summed E-state index contributed by atoms with van der Waals surface area (Å²) < 4.78 is 12.6. The lowest BCUT2D eigenvalue weighted by atomic mass is 10.2. The van der Waals surface area contributed by atoms with Gasteiger partial charge in [0.05, 0.1) is 26.5 Å². The van der Waals surface area contributed by atoms with Crippen molar-refractivity contribution in [3.8, 4) is 11.5 Å². The fourth-order valence-corrected chi connectivity index (χ4v) is 2.94. The normalized spacial score (nSPS) is 10.5. The Kier molecular flexibility index (Phi) is 7.32. The second kappa shape index (κ2) is 10.3. The van der Waals surface area contributed by atoms with Gasteiger partial charge in [-0.05, 0) is 48.4 Å². The first-order valence-electron chi connectivity index (χ1n) is 9.90. The lowest BCUT2D eigenvalue weighted by Gasteiger charge is -2.13. The molecule has 2 aromatic carbocycles. The number of carbonyl (C=O) groups is 1. The molecule has 7 heteroatoms. The molecule has 7 nitrogen and oxygen atoms in total. The molecule has 0 aliphatic heterocycles. The first-order chi connectivity index (χ1) is 14.5. The molecule has 0 unspecified atom stereocenters. The van der Waals surface area contributed by atoms with Gasteiger partial charge in [0.1, 0.15) is 17.3 Å². The number of amides is 1. The largest absolute Gasteiger partial charge is 0.497 e. The molecule has 0 fully saturated rings. The fraction of sp³-hybridized carbons (Fsp3) is 0.304. The Morgan fingerprint density at radius 2 is 1.73 bits per heavy atom. The van der Waals surface area contributed by atoms with Crippen LogP contribution in [0.2, 0.25) is 0 Å². The summed E-state index contributed by atoms with van der Waals surface area (Å²) in [5, 5.41) is 7.26. The van der Waals surface area contributed by atoms with Crippen LogP contribution in [0.15, 0.2) is 60.8 Å². The van der Waals surface area contributed by atoms with Crippen LogP contribution in [0.3, 0.4) is 0 Å². The van der Waals surface area contributed by atoms with E-state index in [1.807, 2.05) is 38.4 Å². The molecular weight excluding hydrogens is 380 g/mol. The lowest BCUT2D eigenvalue weighted by Crippen LogP contribution is -2.16. The first-order valence-corrected chi connectivity index (χ1v) is 9.90. The lowest BCUT2D eigenvalue weighted by molar-refractivity contribution is -0.116. The van der Waals surface area contributed by atoms with Crippen molar-refractivity contribution < 1.29 is 14.3 Å². The molecule has 0 saturated carbocycles. The second-order valence-corrected chi connectivity index (χ2v) is 7.11. The average molecular weight is 409 g/mol. The van der Waals surface area contributed by atoms with Gasteiger partial charge < -0.3 is 19.7 Å². The van der Waals surface area contributed by atoms with E-state index in [0.29, 0.717) is 31.8 Å². The molecular formula is C23H28N4O3. The summed E-state index contributed by atoms with van der Waals surface area (Å²) in [5.41, 5.74) is 2.26. The van der Waals surface area contributed by atoms with Gasteiger partial charge in [0.25, 0.3) is 0 Å². The van der Waals surface area contributed by atoms with Crippen LogP contribution in [-0.2, 0) is 11.3 Å². The van der Waals surface area contributed by atoms with Gasteiger partial charge in [-0.25, -0.2) is 4.68 Å². The van der Waals surface area contributed by atoms with Crippen LogP contribution in [0, 0.1) is 0 Å². The van der Waals surface area contributed by atoms with Crippen molar-refractivity contribution in [1.29, 1.82) is 0 Å². The Bertz CT molecular complexity index is 934. The highest BCUT2D eigenvalue weighted by molar-refractivity contribution is 5.89. The van der Waals surface area contributed by atoms with E-state index in [9.17, 15) is 4.79 Å². The van der Waals surface area contributed by atoms with Crippen molar-refractivity contribution in [2.24, 2.45) is 0 Å². The highest BCUT2D eigenvalue weighted by Gasteiger charge is 2.08. The van der Waals surface area contributed by atoms with Gasteiger partial charge in [-0.1, -0.05) is 12.1 Å². The highest BCUT2D eigenvalue weighted by atomic mass is 16.5. The number of nitrogens with one attached hydrogen (secondary N) is 1. The molecule has 0 atom stereocenters. The molecule has 0 spiro atoms. The molecule has 0 aliphatic carbocycles. The van der Waals surface area contributed by atoms with E-state index < -0.39 is 0 Å². The molecule has 1 amide bonds. The van der Waals surface area contributed by atoms with E-state index in [1.165, 1.54) is 0 Å². The van der Waals surface area contributed by atoms with E-state index in [0.717, 1.165) is 22.7 Å². The third-order valence-corrected chi connectivity index (χ3v) is 4.65. The van der Waals surface area contributed by atoms with Gasteiger partial charge in [-0.15, -0.1) is 0 Å². The number of methoxy groups -OCH3 is 1. The predicted octanol–water partition coefficient (Wildman–Crippen LogP) is 3.80. The van der Waals surface area contributed by atoms with Crippen LogP contribution in [0.1, 0.15) is 18.4 Å². The fourth-order valence-electron chi connectivity index (χ4n) is 2.94. The Hall–Kier alpha value is -3.48. The van der Waals surface area contributed by atoms with E-state index in [4.69, 9.17) is 9.47 Å². The molecule has 0 aliphatic rings. The number of anilines is 2. The zero-order chi connectivity index (χ0) is 21.3. The van der Waals surface area contributed by atoms with Crippen LogP contribution in [0.25, 0.3) is 0 Å². The minimum absolute atomic E-state index is 0.0574. The van der Waals surface area contributed by atoms with Crippen LogP contribution >= 0.6 is 0 Å². The Labute approximate surface area is 177 Å². The topological polar surface area (TPSA) is 68.6 Å². The van der Waals surface area contributed by atoms with Gasteiger partial charge in [-0.2, -0.15) is 5.10 Å². The summed E-state index contributed by atoms with van der Waals surface area (Å²) >= 11 is 0. The summed E-state index contributed by atoms with van der Waals surface area (Å²) in [4.78, 5) is 14.4. The van der Waals surface area contributed by atoms with Gasteiger partial charge in [0.15, 0.2) is 0 Å². The van der Waals surface area contributed by atoms with Gasteiger partial charge in [-0.3, -0.25) is 4.79 Å². The maximum Gasteiger partial charge on any atom is 0.225 e. The number of hydrogen-bond acceptors (Lipinski definition) is 5. The van der Waals surface area contributed by atoms with Gasteiger partial charge >= 0.3 is 0 Å². The Morgan fingerprint density at radius 3 is 2.40 bits per heavy atom. The molecule has 0 bridgehead atoms. The molecule has 3 rings (SSSR count). The number of aromatic nitrogens is 2. The van der Waals surface area contributed by atoms with Crippen molar-refractivity contribution >= 4 is 17.4 Å². The molecule has 3 aromatic rings. The molecule has 1 aromatic heterocycles. The molecule has 1 N–H and O–H groups in total. The maximum atomic E-state index is 12.3. The monoisotopic (exact) mass is 408 g/mol. The van der Waals surface area contributed by atoms with Crippen LogP contribution < -0.4 is 19.7 Å². The number of ether oxygens (including phenoxy) is 2.